The second-order valence-corrected chi connectivity index (χ2v) is 10.3. The fourth-order valence-electron chi connectivity index (χ4n) is 4.20. The van der Waals surface area contributed by atoms with Crippen LogP contribution in [0.15, 0.2) is 70.6 Å². The monoisotopic (exact) mass is 500 g/mol. The molecule has 0 saturated carbocycles. The number of carbonyl (C=O) groups excluding carboxylic acids is 1. The topological polar surface area (TPSA) is 86.1 Å². The van der Waals surface area contributed by atoms with Gasteiger partial charge in [0.15, 0.2) is 10.8 Å². The molecule has 1 amide bonds. The Balaban J connectivity index is 1.52. The smallest absolute Gasteiger partial charge is 0.268 e. The molecular formula is C28H28N4O3S. The average molecular weight is 501 g/mol. The molecule has 184 valence electrons. The highest BCUT2D eigenvalue weighted by Crippen LogP contribution is 2.31. The SMILES string of the molecule is CCC1(C)Cc2nc3nc(SCC(=O)Nc4ccc(C)cc4)n(-c4ccccc4)c(=O)c3cc2CO1. The summed E-state index contributed by atoms with van der Waals surface area (Å²) in [5.41, 5.74) is 4.27. The van der Waals surface area contributed by atoms with Crippen LogP contribution in [0.5, 0.6) is 0 Å². The van der Waals surface area contributed by atoms with E-state index in [0.29, 0.717) is 34.9 Å². The molecule has 3 heterocycles. The number of para-hydroxylation sites is 1. The molecule has 5 rings (SSSR count). The predicted octanol–water partition coefficient (Wildman–Crippen LogP) is 5.06. The second-order valence-electron chi connectivity index (χ2n) is 9.31. The Morgan fingerprint density at radius 1 is 1.14 bits per heavy atom. The summed E-state index contributed by atoms with van der Waals surface area (Å²) in [6, 6.07) is 18.8. The molecule has 1 N–H and O–H groups in total. The van der Waals surface area contributed by atoms with E-state index in [4.69, 9.17) is 14.7 Å². The number of ether oxygens (including phenoxy) is 1. The van der Waals surface area contributed by atoms with Gasteiger partial charge in [-0.3, -0.25) is 14.2 Å². The third-order valence-electron chi connectivity index (χ3n) is 6.54. The van der Waals surface area contributed by atoms with E-state index in [2.05, 4.69) is 19.2 Å². The number of amides is 1. The number of carbonyl (C=O) groups is 1. The largest absolute Gasteiger partial charge is 0.370 e. The van der Waals surface area contributed by atoms with E-state index in [9.17, 15) is 9.59 Å². The number of thioether (sulfide) groups is 1. The number of benzene rings is 2. The van der Waals surface area contributed by atoms with Crippen LogP contribution in [0.25, 0.3) is 16.7 Å². The van der Waals surface area contributed by atoms with Gasteiger partial charge in [0.25, 0.3) is 5.56 Å². The van der Waals surface area contributed by atoms with Crippen molar-refractivity contribution < 1.29 is 9.53 Å². The van der Waals surface area contributed by atoms with Gasteiger partial charge in [-0.25, -0.2) is 9.97 Å². The molecule has 0 bridgehead atoms. The summed E-state index contributed by atoms with van der Waals surface area (Å²) in [7, 11) is 0. The van der Waals surface area contributed by atoms with Crippen LogP contribution in [0.4, 0.5) is 5.69 Å². The summed E-state index contributed by atoms with van der Waals surface area (Å²) in [6.45, 7) is 6.59. The average Bonchev–Trinajstić information content (AvgIpc) is 2.88. The number of fused-ring (bicyclic) bond motifs is 2. The number of aromatic nitrogens is 3. The Bertz CT molecular complexity index is 1490. The first-order chi connectivity index (χ1) is 17.3. The van der Waals surface area contributed by atoms with Crippen molar-refractivity contribution in [3.05, 3.63) is 87.8 Å². The van der Waals surface area contributed by atoms with Crippen molar-refractivity contribution in [2.45, 2.75) is 51.0 Å². The molecule has 0 saturated heterocycles. The molecule has 2 aromatic heterocycles. The van der Waals surface area contributed by atoms with E-state index in [1.807, 2.05) is 67.6 Å². The van der Waals surface area contributed by atoms with Gasteiger partial charge in [-0.05, 0) is 50.6 Å². The van der Waals surface area contributed by atoms with Crippen LogP contribution in [-0.2, 0) is 22.6 Å². The fourth-order valence-corrected chi connectivity index (χ4v) is 5.00. The fraction of sp³-hybridized carbons (Fsp3) is 0.286. The van der Waals surface area contributed by atoms with Crippen LogP contribution in [0.1, 0.15) is 37.1 Å². The Hall–Kier alpha value is -3.49. The van der Waals surface area contributed by atoms with Crippen LogP contribution in [0, 0.1) is 6.92 Å². The van der Waals surface area contributed by atoms with Gasteiger partial charge in [-0.1, -0.05) is 54.6 Å². The summed E-state index contributed by atoms with van der Waals surface area (Å²) in [6.07, 6.45) is 1.53. The van der Waals surface area contributed by atoms with Crippen LogP contribution in [0.2, 0.25) is 0 Å². The number of nitrogens with one attached hydrogen (secondary N) is 1. The van der Waals surface area contributed by atoms with Gasteiger partial charge >= 0.3 is 0 Å². The van der Waals surface area contributed by atoms with Gasteiger partial charge in [0, 0.05) is 17.7 Å². The molecule has 1 atom stereocenters. The number of nitrogens with zero attached hydrogens (tertiary/aromatic N) is 3. The molecule has 0 radical (unpaired) electrons. The molecule has 0 spiro atoms. The van der Waals surface area contributed by atoms with Crippen LogP contribution < -0.4 is 10.9 Å². The minimum Gasteiger partial charge on any atom is -0.370 e. The number of hydrogen-bond acceptors (Lipinski definition) is 6. The van der Waals surface area contributed by atoms with Gasteiger partial charge in [-0.2, -0.15) is 0 Å². The Morgan fingerprint density at radius 2 is 1.89 bits per heavy atom. The van der Waals surface area contributed by atoms with E-state index in [1.54, 1.807) is 4.57 Å². The highest BCUT2D eigenvalue weighted by atomic mass is 32.2. The summed E-state index contributed by atoms with van der Waals surface area (Å²) < 4.78 is 7.63. The van der Waals surface area contributed by atoms with Gasteiger partial charge in [0.05, 0.1) is 34.7 Å². The van der Waals surface area contributed by atoms with E-state index in [-0.39, 0.29) is 22.8 Å². The zero-order valence-electron chi connectivity index (χ0n) is 20.6. The minimum atomic E-state index is -0.279. The minimum absolute atomic E-state index is 0.103. The molecule has 0 aliphatic carbocycles. The van der Waals surface area contributed by atoms with Crippen LogP contribution >= 0.6 is 11.8 Å². The van der Waals surface area contributed by atoms with Crippen molar-refractivity contribution in [1.82, 2.24) is 14.5 Å². The normalized spacial score (nSPS) is 17.1. The van der Waals surface area contributed by atoms with Crippen molar-refractivity contribution in [2.24, 2.45) is 0 Å². The first-order valence-electron chi connectivity index (χ1n) is 12.0. The molecule has 4 aromatic rings. The van der Waals surface area contributed by atoms with Crippen LogP contribution in [0.3, 0.4) is 0 Å². The van der Waals surface area contributed by atoms with Gasteiger partial charge in [0.1, 0.15) is 0 Å². The Kier molecular flexibility index (Phi) is 6.64. The molecule has 2 aromatic carbocycles. The Labute approximate surface area is 213 Å². The molecule has 7 nitrogen and oxygen atoms in total. The number of aryl methyl sites for hydroxylation is 1. The lowest BCUT2D eigenvalue weighted by molar-refractivity contribution is -0.113. The zero-order chi connectivity index (χ0) is 25.3. The Morgan fingerprint density at radius 3 is 2.61 bits per heavy atom. The molecule has 36 heavy (non-hydrogen) atoms. The molecule has 1 aliphatic rings. The summed E-state index contributed by atoms with van der Waals surface area (Å²) in [4.78, 5) is 36.0. The van der Waals surface area contributed by atoms with E-state index < -0.39 is 0 Å². The number of pyridine rings is 1. The van der Waals surface area contributed by atoms with Gasteiger partial charge < -0.3 is 10.1 Å². The number of hydrogen-bond donors (Lipinski definition) is 1. The van der Waals surface area contributed by atoms with Gasteiger partial charge in [0.2, 0.25) is 5.91 Å². The number of rotatable bonds is 6. The molecule has 0 fully saturated rings. The van der Waals surface area contributed by atoms with Crippen molar-refractivity contribution in [3.8, 4) is 5.69 Å². The molecular weight excluding hydrogens is 472 g/mol. The van der Waals surface area contributed by atoms with Crippen molar-refractivity contribution in [3.63, 3.8) is 0 Å². The maximum Gasteiger partial charge on any atom is 0.268 e. The zero-order valence-corrected chi connectivity index (χ0v) is 21.4. The van der Waals surface area contributed by atoms with Crippen molar-refractivity contribution >= 4 is 34.4 Å². The maximum absolute atomic E-state index is 13.7. The first kappa shape index (κ1) is 24.2. The summed E-state index contributed by atoms with van der Waals surface area (Å²) in [5, 5.41) is 3.77. The predicted molar refractivity (Wildman–Crippen MR) is 143 cm³/mol. The van der Waals surface area contributed by atoms with E-state index >= 15 is 0 Å². The highest BCUT2D eigenvalue weighted by Gasteiger charge is 2.31. The first-order valence-corrected chi connectivity index (χ1v) is 13.0. The molecule has 8 heteroatoms. The lowest BCUT2D eigenvalue weighted by Gasteiger charge is -2.33. The summed E-state index contributed by atoms with van der Waals surface area (Å²) >= 11 is 1.22. The summed E-state index contributed by atoms with van der Waals surface area (Å²) in [5.74, 6) is -0.0715. The maximum atomic E-state index is 13.7. The van der Waals surface area contributed by atoms with Crippen LogP contribution in [-0.4, -0.2) is 31.8 Å². The van der Waals surface area contributed by atoms with E-state index in [1.165, 1.54) is 11.8 Å². The highest BCUT2D eigenvalue weighted by molar-refractivity contribution is 7.99. The third kappa shape index (κ3) is 4.92. The van der Waals surface area contributed by atoms with Crippen molar-refractivity contribution in [1.29, 1.82) is 0 Å². The quantitative estimate of drug-likeness (QED) is 0.294. The lowest BCUT2D eigenvalue weighted by atomic mass is 9.91. The third-order valence-corrected chi connectivity index (χ3v) is 7.48. The van der Waals surface area contributed by atoms with Gasteiger partial charge in [-0.15, -0.1) is 0 Å². The van der Waals surface area contributed by atoms with E-state index in [0.717, 1.165) is 28.9 Å². The number of anilines is 1. The second kappa shape index (κ2) is 9.87. The lowest BCUT2D eigenvalue weighted by Crippen LogP contribution is -2.35. The van der Waals surface area contributed by atoms with Crippen molar-refractivity contribution in [2.75, 3.05) is 11.1 Å². The molecule has 1 unspecified atom stereocenters. The standard InChI is InChI=1S/C28H28N4O3S/c1-4-28(3)15-23-19(16-35-28)14-22-25(30-23)31-27(32(26(22)34)21-8-6-5-7-9-21)36-17-24(33)29-20-12-10-18(2)11-13-20/h5-14H,4,15-17H2,1-3H3,(H,29,33). The molecule has 1 aliphatic heterocycles.